The molecule has 0 aliphatic carbocycles. The second-order valence-electron chi connectivity index (χ2n) is 8.96. The summed E-state index contributed by atoms with van der Waals surface area (Å²) in [4.78, 5) is 21.6. The summed E-state index contributed by atoms with van der Waals surface area (Å²) < 4.78 is 9.32. The number of hydrogen-bond donors (Lipinski definition) is 1. The number of carbonyl (C=O) groups is 1. The quantitative estimate of drug-likeness (QED) is 0.262. The molecular weight excluding hydrogens is 532 g/mol. The molecule has 2 aromatic heterocycles. The Balaban J connectivity index is 1.47. The third kappa shape index (κ3) is 5.01. The van der Waals surface area contributed by atoms with Crippen molar-refractivity contribution in [1.82, 2.24) is 14.2 Å². The number of thiazole rings is 1. The molecule has 0 atom stereocenters. The number of benzene rings is 3. The van der Waals surface area contributed by atoms with Gasteiger partial charge in [-0.2, -0.15) is 5.10 Å². The maximum Gasteiger partial charge on any atom is 0.262 e. The van der Waals surface area contributed by atoms with E-state index in [-0.39, 0.29) is 12.5 Å². The van der Waals surface area contributed by atoms with Crippen LogP contribution in [0.2, 0.25) is 5.02 Å². The van der Waals surface area contributed by atoms with E-state index in [0.717, 1.165) is 39.5 Å². The average molecular weight is 555 g/mol. The molecule has 3 heterocycles. The molecule has 1 amide bonds. The van der Waals surface area contributed by atoms with E-state index in [1.54, 1.807) is 12.5 Å². The Bertz CT molecular complexity index is 1790. The molecule has 0 fully saturated rings. The van der Waals surface area contributed by atoms with Crippen LogP contribution in [0.1, 0.15) is 18.1 Å². The molecule has 0 bridgehead atoms. The Labute approximate surface area is 233 Å². The molecule has 1 aliphatic heterocycles. The van der Waals surface area contributed by atoms with Gasteiger partial charge >= 0.3 is 0 Å². The molecule has 5 aromatic rings. The zero-order valence-corrected chi connectivity index (χ0v) is 22.7. The summed E-state index contributed by atoms with van der Waals surface area (Å²) in [5.41, 5.74) is 6.78. The molecule has 0 unspecified atom stereocenters. The molecule has 6 rings (SSSR count). The van der Waals surface area contributed by atoms with E-state index in [1.807, 2.05) is 95.3 Å². The Morgan fingerprint density at radius 1 is 1.15 bits per heavy atom. The van der Waals surface area contributed by atoms with Crippen molar-refractivity contribution in [1.29, 1.82) is 0 Å². The minimum atomic E-state index is -0.182. The number of fused-ring (bicyclic) bond motifs is 1. The van der Waals surface area contributed by atoms with Gasteiger partial charge in [-0.25, -0.2) is 14.7 Å². The van der Waals surface area contributed by atoms with E-state index in [2.05, 4.69) is 10.3 Å². The molecular formula is C29H23ClN6O2S. The molecule has 3 aromatic carbocycles. The number of aromatic nitrogens is 3. The lowest BCUT2D eigenvalue weighted by molar-refractivity contribution is -0.118. The number of rotatable bonds is 5. The van der Waals surface area contributed by atoms with E-state index >= 15 is 0 Å². The second kappa shape index (κ2) is 10.4. The summed E-state index contributed by atoms with van der Waals surface area (Å²) in [7, 11) is 0. The van der Waals surface area contributed by atoms with E-state index in [9.17, 15) is 4.79 Å². The largest absolute Gasteiger partial charge is 0.482 e. The molecule has 1 aliphatic rings. The second-order valence-corrected chi connectivity index (χ2v) is 10.2. The molecule has 1 N–H and O–H groups in total. The van der Waals surface area contributed by atoms with Gasteiger partial charge in [0.2, 0.25) is 4.80 Å². The van der Waals surface area contributed by atoms with Gasteiger partial charge in [0.1, 0.15) is 5.75 Å². The van der Waals surface area contributed by atoms with Gasteiger partial charge < -0.3 is 14.6 Å². The zero-order chi connectivity index (χ0) is 26.9. The predicted octanol–water partition coefficient (Wildman–Crippen LogP) is 6.20. The monoisotopic (exact) mass is 554 g/mol. The number of halogens is 1. The van der Waals surface area contributed by atoms with Gasteiger partial charge in [0.05, 0.1) is 29.1 Å². The number of ether oxygens (including phenoxy) is 1. The van der Waals surface area contributed by atoms with Gasteiger partial charge in [0.25, 0.3) is 5.91 Å². The van der Waals surface area contributed by atoms with E-state index in [1.165, 1.54) is 11.3 Å². The van der Waals surface area contributed by atoms with Crippen LogP contribution in [0.5, 0.6) is 5.75 Å². The highest BCUT2D eigenvalue weighted by molar-refractivity contribution is 7.07. The fraction of sp³-hybridized carbons (Fsp3) is 0.103. The summed E-state index contributed by atoms with van der Waals surface area (Å²) in [6.45, 7) is 3.93. The third-order valence-electron chi connectivity index (χ3n) is 6.39. The van der Waals surface area contributed by atoms with Crippen LogP contribution in [0.3, 0.4) is 0 Å². The Hall–Kier alpha value is -4.47. The smallest absolute Gasteiger partial charge is 0.262 e. The van der Waals surface area contributed by atoms with E-state index in [0.29, 0.717) is 21.3 Å². The van der Waals surface area contributed by atoms with Crippen molar-refractivity contribution in [3.05, 3.63) is 106 Å². The Kier molecular flexibility index (Phi) is 6.60. The highest BCUT2D eigenvalue weighted by atomic mass is 35.5. The number of nitrogens with zero attached hydrogens (tertiary/aromatic N) is 5. The van der Waals surface area contributed by atoms with Gasteiger partial charge in [0.15, 0.2) is 6.61 Å². The molecule has 0 radical (unpaired) electrons. The highest BCUT2D eigenvalue weighted by Gasteiger charge is 2.18. The van der Waals surface area contributed by atoms with Crippen LogP contribution in [0.25, 0.3) is 16.9 Å². The van der Waals surface area contributed by atoms with Crippen LogP contribution >= 0.6 is 22.9 Å². The molecule has 194 valence electrons. The number of anilines is 1. The fourth-order valence-corrected chi connectivity index (χ4v) is 5.24. The minimum Gasteiger partial charge on any atom is -0.482 e. The van der Waals surface area contributed by atoms with Crippen molar-refractivity contribution in [2.24, 2.45) is 10.1 Å². The van der Waals surface area contributed by atoms with Crippen LogP contribution in [0.15, 0.2) is 94.9 Å². The van der Waals surface area contributed by atoms with Crippen LogP contribution in [-0.2, 0) is 4.79 Å². The number of amides is 1. The first-order valence-electron chi connectivity index (χ1n) is 12.2. The van der Waals surface area contributed by atoms with Gasteiger partial charge in [-0.05, 0) is 67.4 Å². The van der Waals surface area contributed by atoms with Crippen LogP contribution in [0, 0.1) is 6.92 Å². The SMILES string of the molecule is CC(=Nn1c(-c2ccc3c(c2)NC(=O)CO3)csc1=Nc1cccc(Cl)c1C)c1ccc(-n2ccnc2)cc1. The van der Waals surface area contributed by atoms with Crippen molar-refractivity contribution in [3.63, 3.8) is 0 Å². The standard InChI is InChI=1S/C29H23ClN6O2S/c1-18-23(30)4-3-5-24(18)33-29-36(34-19(2)20-6-9-22(10-7-20)35-13-12-31-17-35)26(16-39-29)21-8-11-27-25(14-21)32-28(37)15-38-27/h3-14,16-17H,15H2,1-2H3,(H,32,37). The number of nitrogens with one attached hydrogen (secondary N) is 1. The summed E-state index contributed by atoms with van der Waals surface area (Å²) in [6.07, 6.45) is 5.42. The fourth-order valence-electron chi connectivity index (χ4n) is 4.23. The topological polar surface area (TPSA) is 85.8 Å². The number of imidazole rings is 1. The number of carbonyl (C=O) groups excluding carboxylic acids is 1. The average Bonchev–Trinajstić information content (AvgIpc) is 3.62. The summed E-state index contributed by atoms with van der Waals surface area (Å²) in [6, 6.07) is 19.5. The normalized spacial score (nSPS) is 13.7. The van der Waals surface area contributed by atoms with E-state index < -0.39 is 0 Å². The van der Waals surface area contributed by atoms with Crippen molar-refractivity contribution >= 4 is 45.9 Å². The van der Waals surface area contributed by atoms with Gasteiger partial charge in [-0.1, -0.05) is 29.8 Å². The highest BCUT2D eigenvalue weighted by Crippen LogP contribution is 2.33. The van der Waals surface area contributed by atoms with Crippen molar-refractivity contribution in [2.45, 2.75) is 13.8 Å². The third-order valence-corrected chi connectivity index (χ3v) is 7.61. The van der Waals surface area contributed by atoms with Crippen LogP contribution in [-0.4, -0.2) is 32.5 Å². The van der Waals surface area contributed by atoms with Crippen molar-refractivity contribution in [3.8, 4) is 22.7 Å². The van der Waals surface area contributed by atoms with E-state index in [4.69, 9.17) is 26.4 Å². The number of hydrogen-bond acceptors (Lipinski definition) is 6. The molecule has 0 saturated heterocycles. The Morgan fingerprint density at radius 3 is 2.79 bits per heavy atom. The van der Waals surface area contributed by atoms with Crippen molar-refractivity contribution in [2.75, 3.05) is 11.9 Å². The van der Waals surface area contributed by atoms with Gasteiger partial charge in [-0.3, -0.25) is 4.79 Å². The van der Waals surface area contributed by atoms with Gasteiger partial charge in [-0.15, -0.1) is 11.3 Å². The molecule has 0 spiro atoms. The molecule has 10 heteroatoms. The summed E-state index contributed by atoms with van der Waals surface area (Å²) in [5.74, 6) is 0.454. The molecule has 39 heavy (non-hydrogen) atoms. The first-order chi connectivity index (χ1) is 19.0. The lowest BCUT2D eigenvalue weighted by atomic mass is 10.1. The predicted molar refractivity (Wildman–Crippen MR) is 154 cm³/mol. The lowest BCUT2D eigenvalue weighted by Crippen LogP contribution is -2.25. The summed E-state index contributed by atoms with van der Waals surface area (Å²) in [5, 5.41) is 10.6. The van der Waals surface area contributed by atoms with Crippen LogP contribution in [0.4, 0.5) is 11.4 Å². The summed E-state index contributed by atoms with van der Waals surface area (Å²) >= 11 is 7.84. The minimum absolute atomic E-state index is 0.00986. The first-order valence-corrected chi connectivity index (χ1v) is 13.4. The Morgan fingerprint density at radius 2 is 2.00 bits per heavy atom. The lowest BCUT2D eigenvalue weighted by Gasteiger charge is -2.18. The molecule has 8 nitrogen and oxygen atoms in total. The first kappa shape index (κ1) is 24.8. The van der Waals surface area contributed by atoms with Crippen molar-refractivity contribution < 1.29 is 9.53 Å². The zero-order valence-electron chi connectivity index (χ0n) is 21.1. The van der Waals surface area contributed by atoms with Gasteiger partial charge in [0, 0.05) is 34.0 Å². The molecule has 0 saturated carbocycles. The van der Waals surface area contributed by atoms with Crippen LogP contribution < -0.4 is 14.9 Å². The maximum absolute atomic E-state index is 11.9. The maximum atomic E-state index is 11.9.